The highest BCUT2D eigenvalue weighted by atomic mass is 16.5. The first-order valence-corrected chi connectivity index (χ1v) is 8.27. The van der Waals surface area contributed by atoms with Crippen LogP contribution in [0.2, 0.25) is 0 Å². The van der Waals surface area contributed by atoms with E-state index in [1.165, 1.54) is 0 Å². The van der Waals surface area contributed by atoms with E-state index in [0.717, 1.165) is 0 Å². The van der Waals surface area contributed by atoms with Crippen molar-refractivity contribution in [2.45, 2.75) is 50.7 Å². The molecule has 1 aromatic carbocycles. The maximum atomic E-state index is 12.1. The van der Waals surface area contributed by atoms with Gasteiger partial charge in [0.15, 0.2) is 0 Å². The third kappa shape index (κ3) is 5.70. The number of hydrogen-bond acceptors (Lipinski definition) is 5. The molecule has 0 aromatic heterocycles. The van der Waals surface area contributed by atoms with Crippen LogP contribution in [0.5, 0.6) is 0 Å². The van der Waals surface area contributed by atoms with E-state index < -0.39 is 24.4 Å². The molecule has 8 nitrogen and oxygen atoms in total. The van der Waals surface area contributed by atoms with E-state index in [1.54, 1.807) is 24.3 Å². The third-order valence-electron chi connectivity index (χ3n) is 3.79. The van der Waals surface area contributed by atoms with Crippen molar-refractivity contribution in [3.8, 4) is 0 Å². The smallest absolute Gasteiger partial charge is 0.315 e. The normalized spacial score (nSPS) is 25.6. The number of rotatable bonds is 6. The molecule has 0 aliphatic carbocycles. The lowest BCUT2D eigenvalue weighted by molar-refractivity contribution is -0.120. The predicted octanol–water partition coefficient (Wildman–Crippen LogP) is 0.212. The molecular weight excluding hydrogens is 326 g/mol. The highest BCUT2D eigenvalue weighted by Crippen LogP contribution is 2.23. The van der Waals surface area contributed by atoms with Gasteiger partial charge in [-0.15, -0.1) is 0 Å². The maximum absolute atomic E-state index is 12.1. The number of carbonyl (C=O) groups is 2. The van der Waals surface area contributed by atoms with Gasteiger partial charge in [0.1, 0.15) is 18.3 Å². The molecule has 5 N–H and O–H groups in total. The number of nitrogens with one attached hydrogen (secondary N) is 3. The summed E-state index contributed by atoms with van der Waals surface area (Å²) in [6.45, 7) is 3.69. The standard InChI is InChI=1S/C17H25N3O5/c1-10(2)19-17(24)18-9-13-16(23)15(22)12(25-13)8-14(21)20-11-6-4-3-5-7-11/h3-7,10,12-13,15-16,22-23H,8-9H2,1-2H3,(H,20,21)(H2,18,19,24)/t12-,13+,15-,16+/m0/s1. The van der Waals surface area contributed by atoms with Gasteiger partial charge in [-0.3, -0.25) is 4.79 Å². The summed E-state index contributed by atoms with van der Waals surface area (Å²) in [6, 6.07) is 8.52. The van der Waals surface area contributed by atoms with Crippen LogP contribution in [0.15, 0.2) is 30.3 Å². The summed E-state index contributed by atoms with van der Waals surface area (Å²) in [5, 5.41) is 28.0. The zero-order valence-corrected chi connectivity index (χ0v) is 14.3. The lowest BCUT2D eigenvalue weighted by atomic mass is 10.1. The van der Waals surface area contributed by atoms with E-state index in [9.17, 15) is 19.8 Å². The van der Waals surface area contributed by atoms with E-state index in [0.29, 0.717) is 5.69 Å². The lowest BCUT2D eigenvalue weighted by Gasteiger charge is -2.16. The van der Waals surface area contributed by atoms with Crippen molar-refractivity contribution in [3.05, 3.63) is 30.3 Å². The number of anilines is 1. The summed E-state index contributed by atoms with van der Waals surface area (Å²) in [5.74, 6) is -0.325. The van der Waals surface area contributed by atoms with Crippen molar-refractivity contribution in [2.75, 3.05) is 11.9 Å². The largest absolute Gasteiger partial charge is 0.388 e. The van der Waals surface area contributed by atoms with Gasteiger partial charge in [0, 0.05) is 18.3 Å². The summed E-state index contributed by atoms with van der Waals surface area (Å²) in [7, 11) is 0. The Morgan fingerprint density at radius 1 is 1.12 bits per heavy atom. The first kappa shape index (κ1) is 19.2. The van der Waals surface area contributed by atoms with Gasteiger partial charge in [-0.25, -0.2) is 4.79 Å². The number of carbonyl (C=O) groups excluding carboxylic acids is 2. The minimum absolute atomic E-state index is 0.0190. The molecule has 1 aromatic rings. The van der Waals surface area contributed by atoms with E-state index in [1.807, 2.05) is 19.9 Å². The fourth-order valence-electron chi connectivity index (χ4n) is 2.59. The summed E-state index contributed by atoms with van der Waals surface area (Å²) in [4.78, 5) is 23.6. The Labute approximate surface area is 146 Å². The second-order valence-electron chi connectivity index (χ2n) is 6.32. The van der Waals surface area contributed by atoms with Crippen LogP contribution in [0.25, 0.3) is 0 Å². The summed E-state index contributed by atoms with van der Waals surface area (Å²) >= 11 is 0. The van der Waals surface area contributed by atoms with Crippen LogP contribution in [0.1, 0.15) is 20.3 Å². The highest BCUT2D eigenvalue weighted by Gasteiger charge is 2.43. The van der Waals surface area contributed by atoms with Gasteiger partial charge in [0.2, 0.25) is 5.91 Å². The molecule has 1 aliphatic heterocycles. The molecule has 1 aliphatic rings. The van der Waals surface area contributed by atoms with Crippen LogP contribution in [0.4, 0.5) is 10.5 Å². The zero-order valence-electron chi connectivity index (χ0n) is 14.3. The topological polar surface area (TPSA) is 120 Å². The summed E-state index contributed by atoms with van der Waals surface area (Å²) in [6.07, 6.45) is -4.07. The molecule has 138 valence electrons. The van der Waals surface area contributed by atoms with Crippen molar-refractivity contribution in [1.82, 2.24) is 10.6 Å². The van der Waals surface area contributed by atoms with E-state index in [4.69, 9.17) is 4.74 Å². The van der Waals surface area contributed by atoms with Gasteiger partial charge in [-0.2, -0.15) is 0 Å². The molecule has 2 rings (SSSR count). The molecule has 1 fully saturated rings. The number of aliphatic hydroxyl groups excluding tert-OH is 2. The van der Waals surface area contributed by atoms with Gasteiger partial charge in [-0.05, 0) is 26.0 Å². The number of urea groups is 1. The maximum Gasteiger partial charge on any atom is 0.315 e. The van der Waals surface area contributed by atoms with E-state index in [-0.39, 0.29) is 30.9 Å². The quantitative estimate of drug-likeness (QED) is 0.502. The average Bonchev–Trinajstić information content (AvgIpc) is 2.81. The minimum atomic E-state index is -1.19. The molecule has 8 heteroatoms. The number of aliphatic hydroxyl groups is 2. The molecule has 0 saturated carbocycles. The van der Waals surface area contributed by atoms with Crippen molar-refractivity contribution in [2.24, 2.45) is 0 Å². The van der Waals surface area contributed by atoms with Gasteiger partial charge in [0.05, 0.1) is 12.5 Å². The minimum Gasteiger partial charge on any atom is -0.388 e. The Kier molecular flexibility index (Phi) is 6.74. The van der Waals surface area contributed by atoms with Gasteiger partial charge in [0.25, 0.3) is 0 Å². The SMILES string of the molecule is CC(C)NC(=O)NC[C@H]1O[C@@H](CC(=O)Nc2ccccc2)[C@H](O)[C@@H]1O. The number of benzene rings is 1. The Hall–Kier alpha value is -2.16. The van der Waals surface area contributed by atoms with Crippen LogP contribution in [-0.2, 0) is 9.53 Å². The molecule has 0 spiro atoms. The Balaban J connectivity index is 1.82. The Bertz CT molecular complexity index is 581. The van der Waals surface area contributed by atoms with Crippen molar-refractivity contribution in [1.29, 1.82) is 0 Å². The first-order chi connectivity index (χ1) is 11.9. The Morgan fingerprint density at radius 2 is 1.76 bits per heavy atom. The zero-order chi connectivity index (χ0) is 18.4. The van der Waals surface area contributed by atoms with E-state index in [2.05, 4.69) is 16.0 Å². The van der Waals surface area contributed by atoms with Gasteiger partial charge >= 0.3 is 6.03 Å². The fourth-order valence-corrected chi connectivity index (χ4v) is 2.59. The lowest BCUT2D eigenvalue weighted by Crippen LogP contribution is -2.45. The Morgan fingerprint density at radius 3 is 2.40 bits per heavy atom. The molecule has 0 bridgehead atoms. The van der Waals surface area contributed by atoms with Crippen LogP contribution in [0.3, 0.4) is 0 Å². The number of para-hydroxylation sites is 1. The van der Waals surface area contributed by atoms with Gasteiger partial charge in [-0.1, -0.05) is 18.2 Å². The first-order valence-electron chi connectivity index (χ1n) is 8.27. The van der Waals surface area contributed by atoms with E-state index >= 15 is 0 Å². The average molecular weight is 351 g/mol. The second kappa shape index (κ2) is 8.80. The van der Waals surface area contributed by atoms with Crippen LogP contribution >= 0.6 is 0 Å². The van der Waals surface area contributed by atoms with Crippen molar-refractivity contribution in [3.63, 3.8) is 0 Å². The molecule has 1 saturated heterocycles. The molecular formula is C17H25N3O5. The molecule has 0 unspecified atom stereocenters. The predicted molar refractivity (Wildman–Crippen MR) is 92.0 cm³/mol. The number of ether oxygens (including phenoxy) is 1. The van der Waals surface area contributed by atoms with Crippen LogP contribution in [-0.4, -0.2) is 59.2 Å². The third-order valence-corrected chi connectivity index (χ3v) is 3.79. The molecule has 3 amide bonds. The van der Waals surface area contributed by atoms with Crippen molar-refractivity contribution >= 4 is 17.6 Å². The molecule has 25 heavy (non-hydrogen) atoms. The number of amides is 3. The monoisotopic (exact) mass is 351 g/mol. The highest BCUT2D eigenvalue weighted by molar-refractivity contribution is 5.91. The fraction of sp³-hybridized carbons (Fsp3) is 0.529. The van der Waals surface area contributed by atoms with Crippen LogP contribution in [0, 0.1) is 0 Å². The second-order valence-corrected chi connectivity index (χ2v) is 6.32. The van der Waals surface area contributed by atoms with Crippen molar-refractivity contribution < 1.29 is 24.5 Å². The summed E-state index contributed by atoms with van der Waals surface area (Å²) < 4.78 is 5.55. The molecule has 1 heterocycles. The molecule has 4 atom stereocenters. The summed E-state index contributed by atoms with van der Waals surface area (Å²) in [5.41, 5.74) is 0.643. The molecule has 0 radical (unpaired) electrons. The number of hydrogen-bond donors (Lipinski definition) is 5. The van der Waals surface area contributed by atoms with Crippen LogP contribution < -0.4 is 16.0 Å². The van der Waals surface area contributed by atoms with Gasteiger partial charge < -0.3 is 30.9 Å².